The van der Waals surface area contributed by atoms with Gasteiger partial charge in [-0.3, -0.25) is 25.0 Å². The molecule has 8 aromatic carbocycles. The number of benzene rings is 8. The van der Waals surface area contributed by atoms with Crippen LogP contribution < -0.4 is 0 Å². The molecule has 0 saturated heterocycles. The summed E-state index contributed by atoms with van der Waals surface area (Å²) in [4.78, 5) is 20.4. The van der Waals surface area contributed by atoms with Gasteiger partial charge in [0.1, 0.15) is 5.82 Å². The van der Waals surface area contributed by atoms with Crippen LogP contribution in [-0.2, 0) is 44.9 Å². The monoisotopic (exact) mass is 1390 g/mol. The Bertz CT molecular complexity index is 4650. The predicted octanol–water partition coefficient (Wildman–Crippen LogP) is 26.0. The minimum absolute atomic E-state index is 0.0996. The Balaban J connectivity index is 0.000000151. The van der Waals surface area contributed by atoms with Crippen molar-refractivity contribution in [2.75, 3.05) is 0 Å². The molecule has 0 aliphatic heterocycles. The molecule has 0 unspecified atom stereocenters. The van der Waals surface area contributed by atoms with E-state index < -0.39 is 6.37 Å². The van der Waals surface area contributed by atoms with E-state index in [2.05, 4.69) is 215 Å². The molecule has 0 saturated carbocycles. The van der Waals surface area contributed by atoms with Gasteiger partial charge in [0, 0.05) is 92.8 Å². The smallest absolute Gasteiger partial charge is 0.124 e. The van der Waals surface area contributed by atoms with Crippen LogP contribution in [0.3, 0.4) is 0 Å². The number of rotatable bonds is 14. The van der Waals surface area contributed by atoms with E-state index in [-0.39, 0.29) is 11.7 Å². The van der Waals surface area contributed by atoms with Crippen LogP contribution >= 0.6 is 34.8 Å². The van der Waals surface area contributed by atoms with Crippen LogP contribution in [0.25, 0.3) is 76.1 Å². The number of H-pyrrole nitrogens is 2. The van der Waals surface area contributed by atoms with E-state index in [4.69, 9.17) is 37.5 Å². The maximum atomic E-state index is 13.3. The lowest BCUT2D eigenvalue weighted by Gasteiger charge is -2.08. The molecule has 0 fully saturated rings. The molecule has 0 spiro atoms. The van der Waals surface area contributed by atoms with Crippen LogP contribution in [0.1, 0.15) is 139 Å². The Morgan fingerprint density at radius 2 is 0.780 bits per heavy atom. The van der Waals surface area contributed by atoms with Crippen LogP contribution in [0.2, 0.25) is 15.1 Å². The third-order valence-corrected chi connectivity index (χ3v) is 17.0. The lowest BCUT2D eigenvalue weighted by atomic mass is 9.97. The zero-order valence-electron chi connectivity index (χ0n) is 62.8. The van der Waals surface area contributed by atoms with Gasteiger partial charge in [-0.05, 0) is 220 Å². The molecule has 14 rings (SSSR count). The highest BCUT2D eigenvalue weighted by Crippen LogP contribution is 2.29. The van der Waals surface area contributed by atoms with Gasteiger partial charge in [0.15, 0.2) is 0 Å². The van der Waals surface area contributed by atoms with Gasteiger partial charge in [0.05, 0.1) is 28.3 Å². The van der Waals surface area contributed by atoms with E-state index in [0.29, 0.717) is 40.2 Å². The van der Waals surface area contributed by atoms with E-state index in [1.165, 1.54) is 67.2 Å². The number of hydrogen-bond donors (Lipinski definition) is 2. The third kappa shape index (κ3) is 23.5. The number of pyridine rings is 4. The number of halogens is 4. The highest BCUT2D eigenvalue weighted by atomic mass is 35.5. The molecule has 2 N–H and O–H groups in total. The molecule has 11 heteroatoms. The number of hydrogen-bond acceptors (Lipinski definition) is 5. The molecule has 0 bridgehead atoms. The lowest BCUT2D eigenvalue weighted by molar-refractivity contribution is 0.616. The molecule has 6 heterocycles. The number of para-hydroxylation sites is 1. The van der Waals surface area contributed by atoms with Crippen LogP contribution in [0, 0.1) is 47.2 Å². The molecular formula is C89H101Cl3FN7. The summed E-state index contributed by atoms with van der Waals surface area (Å²) in [5.74, 6) is 3.58. The summed E-state index contributed by atoms with van der Waals surface area (Å²) in [5.41, 5.74) is 13.5. The summed E-state index contributed by atoms with van der Waals surface area (Å²) >= 11 is 18.1. The number of nitrogens with zero attached hydrogens (tertiary/aromatic N) is 5. The van der Waals surface area contributed by atoms with Crippen molar-refractivity contribution in [2.24, 2.45) is 41.4 Å². The molecule has 0 amide bonds. The van der Waals surface area contributed by atoms with Gasteiger partial charge >= 0.3 is 0 Å². The fraction of sp³-hybridized carbons (Fsp3) is 0.315. The first-order valence-electron chi connectivity index (χ1n) is 36.3. The van der Waals surface area contributed by atoms with E-state index >= 15 is 0 Å². The number of fused-ring (bicyclic) bond motifs is 7. The summed E-state index contributed by atoms with van der Waals surface area (Å²) in [6.07, 6.45) is 17.8. The van der Waals surface area contributed by atoms with Crippen LogP contribution in [0.15, 0.2) is 219 Å². The van der Waals surface area contributed by atoms with Crippen molar-refractivity contribution in [2.45, 2.75) is 142 Å². The van der Waals surface area contributed by atoms with Crippen LogP contribution in [0.5, 0.6) is 0 Å². The van der Waals surface area contributed by atoms with Crippen molar-refractivity contribution in [3.63, 3.8) is 0 Å². The second-order valence-corrected chi connectivity index (χ2v) is 29.9. The second kappa shape index (κ2) is 38.3. The average Bonchev–Trinajstić information content (AvgIpc) is 1.58. The molecule has 0 atom stereocenters. The lowest BCUT2D eigenvalue weighted by Crippen LogP contribution is -1.97. The zero-order chi connectivity index (χ0) is 73.6. The number of nitrogens with one attached hydrogen (secondary N) is 2. The minimum Gasteiger partial charge on any atom is -0.361 e. The molecular weight excluding hydrogens is 1290 g/mol. The second-order valence-electron chi connectivity index (χ2n) is 28.6. The minimum atomic E-state index is -1.38. The number of aromatic amines is 2. The summed E-state index contributed by atoms with van der Waals surface area (Å²) in [6.45, 7) is 30.3. The predicted molar refractivity (Wildman–Crippen MR) is 430 cm³/mol. The van der Waals surface area contributed by atoms with Gasteiger partial charge in [0.2, 0.25) is 0 Å². The normalized spacial score (nSPS) is 11.7. The molecule has 520 valence electrons. The van der Waals surface area contributed by atoms with Crippen molar-refractivity contribution >= 4 is 111 Å². The first kappa shape index (κ1) is 74.2. The van der Waals surface area contributed by atoms with Crippen molar-refractivity contribution in [3.05, 3.63) is 279 Å². The van der Waals surface area contributed by atoms with Gasteiger partial charge in [-0.25, -0.2) is 4.39 Å². The van der Waals surface area contributed by atoms with E-state index in [1.54, 1.807) is 24.5 Å². The summed E-state index contributed by atoms with van der Waals surface area (Å²) in [5, 5.41) is 19.8. The molecule has 0 aliphatic carbocycles. The third-order valence-electron chi connectivity index (χ3n) is 16.3. The summed E-state index contributed by atoms with van der Waals surface area (Å²) in [7, 11) is 0. The highest BCUT2D eigenvalue weighted by Gasteiger charge is 2.12. The van der Waals surface area contributed by atoms with Gasteiger partial charge in [0.25, 0.3) is 0 Å². The van der Waals surface area contributed by atoms with Gasteiger partial charge in [-0.2, -0.15) is 5.10 Å². The zero-order valence-corrected chi connectivity index (χ0v) is 63.1. The van der Waals surface area contributed by atoms with Gasteiger partial charge in [-0.15, -0.1) is 0 Å². The van der Waals surface area contributed by atoms with E-state index in [9.17, 15) is 4.39 Å². The van der Waals surface area contributed by atoms with Crippen LogP contribution in [-0.4, -0.2) is 35.1 Å². The molecule has 6 aromatic heterocycles. The molecule has 0 radical (unpaired) electrons. The molecule has 14 aromatic rings. The maximum absolute atomic E-state index is 13.3. The van der Waals surface area contributed by atoms with Crippen molar-refractivity contribution in [3.8, 4) is 0 Å². The van der Waals surface area contributed by atoms with Crippen molar-refractivity contribution < 1.29 is 7.13 Å². The first-order valence-corrected chi connectivity index (χ1v) is 36.4. The average molecular weight is 1400 g/mol. The Labute approximate surface area is 611 Å². The number of aromatic nitrogens is 7. The fourth-order valence-electron chi connectivity index (χ4n) is 12.4. The van der Waals surface area contributed by atoms with E-state index in [1.807, 2.05) is 105 Å². The van der Waals surface area contributed by atoms with Crippen molar-refractivity contribution in [1.29, 1.82) is 0 Å². The largest absolute Gasteiger partial charge is 0.361 e. The maximum Gasteiger partial charge on any atom is 0.124 e. The quantitative estimate of drug-likeness (QED) is 0.113. The van der Waals surface area contributed by atoms with E-state index in [0.717, 1.165) is 103 Å². The topological polar surface area (TPSA) is 96.0 Å². The Kier molecular flexibility index (Phi) is 28.4. The summed E-state index contributed by atoms with van der Waals surface area (Å²) < 4.78 is 29.6. The van der Waals surface area contributed by atoms with Gasteiger partial charge in [-0.1, -0.05) is 229 Å². The first-order chi connectivity index (χ1) is 48.7. The van der Waals surface area contributed by atoms with Gasteiger partial charge < -0.3 is 4.98 Å². The standard InChI is InChI=1S/C14H16.C13H14ClN.C13H14FN.2C13H15N.C12H14ClN.C11H13ClN2/c1-11(2)10-13-8-5-7-12-6-3-4-9-14(12)13;2*1-9(2)6-11-8-12(14)7-10-4-3-5-15-13(10)11;1-10(2)9-12-6-3-5-11-7-4-8-14-13(11)12;1-10(2)8-12-5-3-4-11-6-7-14-9-13(11)12;1-8(2)5-10-7-11(13)6-9-3-4-14-12(9)10;1-7(2)3-8-4-10(12)5-9-6-13-14-11(8)9/h3-9,11H,10H2,1-2H3;2*3-5,7-9H,6H2,1-2H3;3-8,10H,9H2,1-2H3;3-7,9-10H,8H2,1-2H3;3-4,6-8,14H,5H2,1-2H3;4-7H,3H2,1-2H3,(H,13,14)/i;;;;;5D2;. The SMILES string of the molecule is CC(C)Cc1cc(Cl)cc2cccnc12.CC(C)Cc1cc(Cl)cc2cn[nH]c12.CC(C)Cc1cc(F)cc2cccnc12.CC(C)Cc1cccc2ccccc12.CC(C)Cc1cccc2cccnc12.CC(C)Cc1cccc2ccncc12.[2H]C([2H])(c1cc(Cl)cc2cc[nH]c12)C(C)C. The molecule has 100 heavy (non-hydrogen) atoms. The fourth-order valence-corrected chi connectivity index (χ4v) is 13.1. The van der Waals surface area contributed by atoms with Crippen molar-refractivity contribution in [1.82, 2.24) is 35.1 Å². The Morgan fingerprint density at radius 3 is 1.37 bits per heavy atom. The molecule has 7 nitrogen and oxygen atoms in total. The van der Waals surface area contributed by atoms with Crippen LogP contribution in [0.4, 0.5) is 4.39 Å². The molecule has 0 aliphatic rings. The Hall–Kier alpha value is -8.53. The highest BCUT2D eigenvalue weighted by molar-refractivity contribution is 6.32. The summed E-state index contributed by atoms with van der Waals surface area (Å²) in [6, 6.07) is 58.5. The Morgan fingerprint density at radius 1 is 0.350 bits per heavy atom.